The maximum atomic E-state index is 11.9. The lowest BCUT2D eigenvalue weighted by molar-refractivity contribution is -0.146. The van der Waals surface area contributed by atoms with E-state index in [1.165, 1.54) is 6.07 Å². The Labute approximate surface area is 121 Å². The third kappa shape index (κ3) is 5.14. The number of rotatable bonds is 7. The molecule has 0 aliphatic rings. The number of aliphatic hydroxyl groups excluding tert-OH is 1. The predicted octanol–water partition coefficient (Wildman–Crippen LogP) is 1.25. The minimum absolute atomic E-state index is 0.0539. The fraction of sp³-hybridized carbons (Fsp3) is 0.462. The lowest BCUT2D eigenvalue weighted by atomic mass is 10.1. The molecule has 1 aromatic rings. The molecule has 0 aromatic carbocycles. The molecule has 1 amide bonds. The van der Waals surface area contributed by atoms with Crippen molar-refractivity contribution in [2.24, 2.45) is 0 Å². The third-order valence-corrected chi connectivity index (χ3v) is 2.80. The Bertz CT molecular complexity index is 493. The molecule has 0 bridgehead atoms. The quantitative estimate of drug-likeness (QED) is 0.658. The average Bonchev–Trinajstić information content (AvgIpc) is 2.38. The Balaban J connectivity index is 2.61. The molecule has 20 heavy (non-hydrogen) atoms. The molecule has 7 heteroatoms. The molecule has 0 aliphatic carbocycles. The Hall–Kier alpha value is -1.66. The van der Waals surface area contributed by atoms with Gasteiger partial charge in [0.05, 0.1) is 0 Å². The summed E-state index contributed by atoms with van der Waals surface area (Å²) >= 11 is 5.85. The van der Waals surface area contributed by atoms with E-state index in [1.54, 1.807) is 6.07 Å². The van der Waals surface area contributed by atoms with Gasteiger partial charge in [0.25, 0.3) is 5.91 Å². The number of aryl methyl sites for hydroxylation is 1. The number of nitrogens with zero attached hydrogens (tertiary/aromatic N) is 1. The first-order valence-electron chi connectivity index (χ1n) is 6.29. The lowest BCUT2D eigenvalue weighted by Crippen LogP contribution is -2.30. The van der Waals surface area contributed by atoms with Gasteiger partial charge in [-0.1, -0.05) is 24.9 Å². The second-order valence-corrected chi connectivity index (χ2v) is 4.71. The molecule has 0 saturated carbocycles. The van der Waals surface area contributed by atoms with Crippen LogP contribution >= 0.6 is 11.6 Å². The Morgan fingerprint density at radius 2 is 2.15 bits per heavy atom. The van der Waals surface area contributed by atoms with Gasteiger partial charge in [0, 0.05) is 24.2 Å². The van der Waals surface area contributed by atoms with E-state index in [0.29, 0.717) is 5.56 Å². The van der Waals surface area contributed by atoms with Gasteiger partial charge in [-0.3, -0.25) is 4.79 Å². The molecular weight excluding hydrogens is 284 g/mol. The molecule has 6 nitrogen and oxygen atoms in total. The number of aromatic nitrogens is 1. The van der Waals surface area contributed by atoms with Gasteiger partial charge < -0.3 is 15.5 Å². The van der Waals surface area contributed by atoms with E-state index in [0.717, 1.165) is 18.5 Å². The molecule has 110 valence electrons. The Morgan fingerprint density at radius 1 is 1.45 bits per heavy atom. The van der Waals surface area contributed by atoms with Crippen molar-refractivity contribution in [3.63, 3.8) is 0 Å². The number of carbonyl (C=O) groups excluding carboxylic acids is 1. The predicted molar refractivity (Wildman–Crippen MR) is 73.8 cm³/mol. The van der Waals surface area contributed by atoms with Crippen LogP contribution in [-0.2, 0) is 11.2 Å². The molecule has 1 aromatic heterocycles. The Kier molecular flexibility index (Phi) is 6.41. The molecule has 0 saturated heterocycles. The van der Waals surface area contributed by atoms with Crippen molar-refractivity contribution >= 4 is 23.5 Å². The zero-order valence-corrected chi connectivity index (χ0v) is 11.9. The summed E-state index contributed by atoms with van der Waals surface area (Å²) in [5.41, 5.74) is 1.11. The van der Waals surface area contributed by atoms with E-state index in [-0.39, 0.29) is 24.0 Å². The molecule has 1 atom stereocenters. The van der Waals surface area contributed by atoms with Crippen LogP contribution < -0.4 is 5.32 Å². The maximum absolute atomic E-state index is 11.9. The van der Waals surface area contributed by atoms with Crippen LogP contribution in [-0.4, -0.2) is 39.7 Å². The van der Waals surface area contributed by atoms with E-state index < -0.39 is 12.1 Å². The molecule has 0 unspecified atom stereocenters. The first-order chi connectivity index (χ1) is 9.43. The summed E-state index contributed by atoms with van der Waals surface area (Å²) in [6, 6.07) is 3.10. The molecule has 1 rings (SSSR count). The molecule has 0 aliphatic heterocycles. The number of pyridine rings is 1. The van der Waals surface area contributed by atoms with E-state index in [4.69, 9.17) is 21.8 Å². The first kappa shape index (κ1) is 16.4. The number of hydrogen-bond acceptors (Lipinski definition) is 4. The van der Waals surface area contributed by atoms with Gasteiger partial charge in [-0.25, -0.2) is 9.78 Å². The number of carbonyl (C=O) groups is 2. The highest BCUT2D eigenvalue weighted by atomic mass is 35.5. The fourth-order valence-corrected chi connectivity index (χ4v) is 1.84. The van der Waals surface area contributed by atoms with Gasteiger partial charge in [0.1, 0.15) is 5.15 Å². The van der Waals surface area contributed by atoms with Crippen LogP contribution in [0, 0.1) is 0 Å². The van der Waals surface area contributed by atoms with E-state index >= 15 is 0 Å². The maximum Gasteiger partial charge on any atom is 0.332 e. The summed E-state index contributed by atoms with van der Waals surface area (Å²) in [6.45, 7) is 2.06. The molecule has 1 heterocycles. The largest absolute Gasteiger partial charge is 0.479 e. The molecule has 0 fully saturated rings. The number of hydrogen-bond donors (Lipinski definition) is 3. The minimum Gasteiger partial charge on any atom is -0.479 e. The van der Waals surface area contributed by atoms with Crippen LogP contribution in [0.3, 0.4) is 0 Å². The van der Waals surface area contributed by atoms with Crippen molar-refractivity contribution in [2.75, 3.05) is 6.54 Å². The summed E-state index contributed by atoms with van der Waals surface area (Å²) in [5.74, 6) is -1.68. The van der Waals surface area contributed by atoms with Crippen molar-refractivity contribution in [1.82, 2.24) is 10.3 Å². The summed E-state index contributed by atoms with van der Waals surface area (Å²) in [6.07, 6.45) is 0.0754. The molecule has 3 N–H and O–H groups in total. The monoisotopic (exact) mass is 300 g/mol. The van der Waals surface area contributed by atoms with Crippen molar-refractivity contribution in [1.29, 1.82) is 0 Å². The molecule has 0 radical (unpaired) electrons. The number of amides is 1. The highest BCUT2D eigenvalue weighted by molar-refractivity contribution is 6.29. The average molecular weight is 301 g/mol. The zero-order valence-electron chi connectivity index (χ0n) is 11.1. The Morgan fingerprint density at radius 3 is 2.75 bits per heavy atom. The molecule has 0 spiro atoms. The van der Waals surface area contributed by atoms with Gasteiger partial charge in [0.15, 0.2) is 6.10 Å². The lowest BCUT2D eigenvalue weighted by Gasteiger charge is -2.08. The summed E-state index contributed by atoms with van der Waals surface area (Å²) in [5, 5.41) is 20.4. The van der Waals surface area contributed by atoms with E-state index in [2.05, 4.69) is 10.3 Å². The number of nitrogens with one attached hydrogen (secondary N) is 1. The number of aliphatic carboxylic acids is 1. The number of halogens is 1. The van der Waals surface area contributed by atoms with Crippen LogP contribution in [0.25, 0.3) is 0 Å². The van der Waals surface area contributed by atoms with Gasteiger partial charge in [0.2, 0.25) is 0 Å². The van der Waals surface area contributed by atoms with Crippen molar-refractivity contribution in [3.8, 4) is 0 Å². The van der Waals surface area contributed by atoms with Gasteiger partial charge in [-0.05, 0) is 18.6 Å². The molecular formula is C13H17ClN2O4. The first-order valence-corrected chi connectivity index (χ1v) is 6.67. The van der Waals surface area contributed by atoms with Crippen molar-refractivity contribution < 1.29 is 19.8 Å². The number of carboxylic acid groups (broad SMARTS) is 1. The summed E-state index contributed by atoms with van der Waals surface area (Å²) in [7, 11) is 0. The van der Waals surface area contributed by atoms with Crippen molar-refractivity contribution in [2.45, 2.75) is 32.3 Å². The summed E-state index contributed by atoms with van der Waals surface area (Å²) < 4.78 is 0. The van der Waals surface area contributed by atoms with E-state index in [1.807, 2.05) is 6.92 Å². The number of aliphatic hydroxyl groups is 1. The van der Waals surface area contributed by atoms with Crippen LogP contribution in [0.4, 0.5) is 0 Å². The van der Waals surface area contributed by atoms with Crippen LogP contribution in [0.2, 0.25) is 5.15 Å². The van der Waals surface area contributed by atoms with E-state index in [9.17, 15) is 9.59 Å². The van der Waals surface area contributed by atoms with Crippen LogP contribution in [0.1, 0.15) is 35.8 Å². The van der Waals surface area contributed by atoms with Crippen LogP contribution in [0.15, 0.2) is 12.1 Å². The summed E-state index contributed by atoms with van der Waals surface area (Å²) in [4.78, 5) is 26.4. The second-order valence-electron chi connectivity index (χ2n) is 4.32. The normalized spacial score (nSPS) is 11.9. The van der Waals surface area contributed by atoms with Crippen molar-refractivity contribution in [3.05, 3.63) is 28.5 Å². The SMILES string of the molecule is CCCc1cc(C(=O)NCC[C@H](O)C(=O)O)cc(Cl)n1. The highest BCUT2D eigenvalue weighted by Gasteiger charge is 2.14. The third-order valence-electron chi connectivity index (χ3n) is 2.60. The van der Waals surface area contributed by atoms with Gasteiger partial charge >= 0.3 is 5.97 Å². The van der Waals surface area contributed by atoms with Crippen LogP contribution in [0.5, 0.6) is 0 Å². The standard InChI is InChI=1S/C13H17ClN2O4/c1-2-3-9-6-8(7-11(14)16-9)12(18)15-5-4-10(17)13(19)20/h6-7,10,17H,2-5H2,1H3,(H,15,18)(H,19,20)/t10-/m0/s1. The number of carboxylic acids is 1. The zero-order chi connectivity index (χ0) is 15.1. The topological polar surface area (TPSA) is 99.5 Å². The highest BCUT2D eigenvalue weighted by Crippen LogP contribution is 2.12. The minimum atomic E-state index is -1.48. The second kappa shape index (κ2) is 7.81. The smallest absolute Gasteiger partial charge is 0.332 e. The van der Waals surface area contributed by atoms with Gasteiger partial charge in [-0.2, -0.15) is 0 Å². The fourth-order valence-electron chi connectivity index (χ4n) is 1.61. The van der Waals surface area contributed by atoms with Gasteiger partial charge in [-0.15, -0.1) is 0 Å².